The zero-order valence-corrected chi connectivity index (χ0v) is 8.42. The SMILES string of the molecule is C#CCCCC(NN)c1ccc(C)o1. The molecule has 1 atom stereocenters. The third-order valence-electron chi connectivity index (χ3n) is 2.12. The average molecular weight is 192 g/mol. The Kier molecular flexibility index (Phi) is 4.24. The maximum absolute atomic E-state index is 5.47. The predicted octanol–water partition coefficient (Wildman–Crippen LogP) is 1.90. The summed E-state index contributed by atoms with van der Waals surface area (Å²) in [5.41, 5.74) is 2.73. The van der Waals surface area contributed by atoms with E-state index in [0.717, 1.165) is 30.8 Å². The third-order valence-corrected chi connectivity index (χ3v) is 2.12. The van der Waals surface area contributed by atoms with E-state index in [1.165, 1.54) is 0 Å². The van der Waals surface area contributed by atoms with Gasteiger partial charge in [-0.25, -0.2) is 5.43 Å². The van der Waals surface area contributed by atoms with E-state index < -0.39 is 0 Å². The first-order valence-electron chi connectivity index (χ1n) is 4.74. The fourth-order valence-corrected chi connectivity index (χ4v) is 1.36. The van der Waals surface area contributed by atoms with Crippen molar-refractivity contribution in [1.82, 2.24) is 5.43 Å². The molecule has 3 heteroatoms. The molecule has 1 aromatic rings. The number of hydrazine groups is 1. The fraction of sp³-hybridized carbons (Fsp3) is 0.455. The van der Waals surface area contributed by atoms with Crippen LogP contribution in [0.3, 0.4) is 0 Å². The molecule has 0 fully saturated rings. The van der Waals surface area contributed by atoms with Gasteiger partial charge in [0.1, 0.15) is 11.5 Å². The van der Waals surface area contributed by atoms with Gasteiger partial charge < -0.3 is 4.42 Å². The lowest BCUT2D eigenvalue weighted by molar-refractivity contribution is 0.385. The lowest BCUT2D eigenvalue weighted by Crippen LogP contribution is -2.27. The molecule has 76 valence electrons. The maximum Gasteiger partial charge on any atom is 0.122 e. The minimum atomic E-state index is 0.0667. The largest absolute Gasteiger partial charge is 0.465 e. The summed E-state index contributed by atoms with van der Waals surface area (Å²) in [6.07, 6.45) is 7.80. The molecule has 0 aliphatic heterocycles. The molecule has 1 unspecified atom stereocenters. The highest BCUT2D eigenvalue weighted by atomic mass is 16.3. The summed E-state index contributed by atoms with van der Waals surface area (Å²) in [5, 5.41) is 0. The minimum Gasteiger partial charge on any atom is -0.465 e. The lowest BCUT2D eigenvalue weighted by atomic mass is 10.1. The van der Waals surface area contributed by atoms with Crippen LogP contribution in [0.1, 0.15) is 36.8 Å². The summed E-state index contributed by atoms with van der Waals surface area (Å²) in [6, 6.07) is 3.94. The van der Waals surface area contributed by atoms with E-state index in [4.69, 9.17) is 16.7 Å². The van der Waals surface area contributed by atoms with Gasteiger partial charge in [-0.1, -0.05) is 0 Å². The smallest absolute Gasteiger partial charge is 0.122 e. The molecule has 0 saturated heterocycles. The van der Waals surface area contributed by atoms with Gasteiger partial charge in [0.2, 0.25) is 0 Å². The number of aryl methyl sites for hydroxylation is 1. The van der Waals surface area contributed by atoms with Crippen LogP contribution in [0.5, 0.6) is 0 Å². The first kappa shape index (κ1) is 10.8. The van der Waals surface area contributed by atoms with Crippen LogP contribution in [-0.4, -0.2) is 0 Å². The predicted molar refractivity (Wildman–Crippen MR) is 56.2 cm³/mol. The van der Waals surface area contributed by atoms with Crippen molar-refractivity contribution in [2.75, 3.05) is 0 Å². The molecule has 1 aromatic heterocycles. The molecule has 0 aliphatic carbocycles. The monoisotopic (exact) mass is 192 g/mol. The lowest BCUT2D eigenvalue weighted by Gasteiger charge is -2.11. The topological polar surface area (TPSA) is 51.2 Å². The van der Waals surface area contributed by atoms with Crippen LogP contribution in [0.15, 0.2) is 16.5 Å². The van der Waals surface area contributed by atoms with Gasteiger partial charge in [-0.15, -0.1) is 12.3 Å². The molecule has 0 aromatic carbocycles. The van der Waals surface area contributed by atoms with Gasteiger partial charge in [0, 0.05) is 6.42 Å². The summed E-state index contributed by atoms with van der Waals surface area (Å²) in [6.45, 7) is 1.92. The molecule has 1 rings (SSSR count). The second-order valence-electron chi connectivity index (χ2n) is 3.26. The second kappa shape index (κ2) is 5.48. The summed E-state index contributed by atoms with van der Waals surface area (Å²) in [7, 11) is 0. The van der Waals surface area contributed by atoms with Crippen LogP contribution < -0.4 is 11.3 Å². The highest BCUT2D eigenvalue weighted by Crippen LogP contribution is 2.20. The summed E-state index contributed by atoms with van der Waals surface area (Å²) in [4.78, 5) is 0. The maximum atomic E-state index is 5.47. The molecule has 0 saturated carbocycles. The summed E-state index contributed by atoms with van der Waals surface area (Å²) < 4.78 is 5.47. The first-order valence-corrected chi connectivity index (χ1v) is 4.74. The number of hydrogen-bond donors (Lipinski definition) is 2. The van der Waals surface area contributed by atoms with Crippen molar-refractivity contribution < 1.29 is 4.42 Å². The Morgan fingerprint density at radius 3 is 2.93 bits per heavy atom. The van der Waals surface area contributed by atoms with Crippen LogP contribution in [0.25, 0.3) is 0 Å². The Morgan fingerprint density at radius 2 is 2.43 bits per heavy atom. The second-order valence-corrected chi connectivity index (χ2v) is 3.26. The molecule has 0 aliphatic rings. The van der Waals surface area contributed by atoms with Gasteiger partial charge in [0.15, 0.2) is 0 Å². The normalized spacial score (nSPS) is 12.4. The van der Waals surface area contributed by atoms with Crippen molar-refractivity contribution in [3.63, 3.8) is 0 Å². The Bertz CT molecular complexity index is 311. The Labute approximate surface area is 84.6 Å². The van der Waals surface area contributed by atoms with Gasteiger partial charge in [0.25, 0.3) is 0 Å². The molecule has 0 spiro atoms. The molecular formula is C11H16N2O. The standard InChI is InChI=1S/C11H16N2O/c1-3-4-5-6-10(13-12)11-8-7-9(2)14-11/h1,7-8,10,13H,4-6,12H2,2H3. The van der Waals surface area contributed by atoms with Crippen LogP contribution >= 0.6 is 0 Å². The summed E-state index contributed by atoms with van der Waals surface area (Å²) >= 11 is 0. The van der Waals surface area contributed by atoms with Crippen LogP contribution in [0.4, 0.5) is 0 Å². The number of unbranched alkanes of at least 4 members (excludes halogenated alkanes) is 1. The Balaban J connectivity index is 2.50. The number of terminal acetylenes is 1. The number of nitrogens with one attached hydrogen (secondary N) is 1. The van der Waals surface area contributed by atoms with Crippen molar-refractivity contribution in [3.05, 3.63) is 23.7 Å². The number of nitrogens with two attached hydrogens (primary N) is 1. The molecule has 3 N–H and O–H groups in total. The van der Waals surface area contributed by atoms with Crippen LogP contribution in [-0.2, 0) is 0 Å². The highest BCUT2D eigenvalue weighted by Gasteiger charge is 2.12. The van der Waals surface area contributed by atoms with Crippen molar-refractivity contribution in [2.45, 2.75) is 32.2 Å². The molecule has 3 nitrogen and oxygen atoms in total. The molecular weight excluding hydrogens is 176 g/mol. The fourth-order valence-electron chi connectivity index (χ4n) is 1.36. The van der Waals surface area contributed by atoms with Crippen molar-refractivity contribution in [1.29, 1.82) is 0 Å². The molecule has 0 radical (unpaired) electrons. The van der Waals surface area contributed by atoms with Gasteiger partial charge >= 0.3 is 0 Å². The zero-order valence-electron chi connectivity index (χ0n) is 8.42. The zero-order chi connectivity index (χ0) is 10.4. The molecule has 1 heterocycles. The Morgan fingerprint density at radius 1 is 1.64 bits per heavy atom. The molecule has 14 heavy (non-hydrogen) atoms. The van der Waals surface area contributed by atoms with Gasteiger partial charge in [0.05, 0.1) is 6.04 Å². The van der Waals surface area contributed by atoms with Crippen molar-refractivity contribution in [3.8, 4) is 12.3 Å². The first-order chi connectivity index (χ1) is 6.77. The van der Waals surface area contributed by atoms with E-state index in [9.17, 15) is 0 Å². The number of furan rings is 1. The average Bonchev–Trinajstić information content (AvgIpc) is 2.60. The highest BCUT2D eigenvalue weighted by molar-refractivity contribution is 5.09. The third kappa shape index (κ3) is 2.91. The molecule has 0 bridgehead atoms. The van der Waals surface area contributed by atoms with E-state index in [2.05, 4.69) is 11.3 Å². The van der Waals surface area contributed by atoms with E-state index in [-0.39, 0.29) is 6.04 Å². The van der Waals surface area contributed by atoms with Gasteiger partial charge in [-0.05, 0) is 31.9 Å². The minimum absolute atomic E-state index is 0.0667. The summed E-state index contributed by atoms with van der Waals surface area (Å²) in [5.74, 6) is 9.82. The van der Waals surface area contributed by atoms with E-state index in [1.54, 1.807) is 0 Å². The van der Waals surface area contributed by atoms with Crippen LogP contribution in [0, 0.1) is 19.3 Å². The quantitative estimate of drug-likeness (QED) is 0.324. The van der Waals surface area contributed by atoms with Gasteiger partial charge in [-0.2, -0.15) is 0 Å². The molecule has 0 amide bonds. The van der Waals surface area contributed by atoms with Gasteiger partial charge in [-0.3, -0.25) is 5.84 Å². The van der Waals surface area contributed by atoms with Crippen molar-refractivity contribution in [2.24, 2.45) is 5.84 Å². The van der Waals surface area contributed by atoms with E-state index >= 15 is 0 Å². The van der Waals surface area contributed by atoms with Crippen LogP contribution in [0.2, 0.25) is 0 Å². The number of rotatable bonds is 5. The number of hydrogen-bond acceptors (Lipinski definition) is 3. The van der Waals surface area contributed by atoms with Crippen molar-refractivity contribution >= 4 is 0 Å². The Hall–Kier alpha value is -1.24. The van der Waals surface area contributed by atoms with E-state index in [0.29, 0.717) is 0 Å². The van der Waals surface area contributed by atoms with E-state index in [1.807, 2.05) is 19.1 Å².